The van der Waals surface area contributed by atoms with Crippen LogP contribution < -0.4 is 5.32 Å². The van der Waals surface area contributed by atoms with Crippen LogP contribution in [0.5, 0.6) is 0 Å². The summed E-state index contributed by atoms with van der Waals surface area (Å²) in [5, 5.41) is 9.96. The monoisotopic (exact) mass is 313 g/mol. The lowest BCUT2D eigenvalue weighted by atomic mass is 10.1. The minimum atomic E-state index is 0.231. The van der Waals surface area contributed by atoms with Gasteiger partial charge in [-0.1, -0.05) is 6.92 Å². The summed E-state index contributed by atoms with van der Waals surface area (Å²) < 4.78 is 3.12. The maximum atomic E-state index is 4.34. The molecule has 0 aliphatic rings. The van der Waals surface area contributed by atoms with Gasteiger partial charge >= 0.3 is 0 Å². The van der Waals surface area contributed by atoms with Gasteiger partial charge in [-0.3, -0.25) is 4.68 Å². The number of rotatable bonds is 5. The molecule has 0 saturated carbocycles. The lowest BCUT2D eigenvalue weighted by Gasteiger charge is -2.15. The second kappa shape index (κ2) is 5.80. The van der Waals surface area contributed by atoms with Gasteiger partial charge in [0.25, 0.3) is 0 Å². The Morgan fingerprint density at radius 3 is 2.88 bits per heavy atom. The van der Waals surface area contributed by atoms with E-state index in [1.165, 1.54) is 10.4 Å². The van der Waals surface area contributed by atoms with E-state index in [0.717, 1.165) is 17.6 Å². The van der Waals surface area contributed by atoms with Crippen molar-refractivity contribution in [3.63, 3.8) is 0 Å². The molecule has 2 rings (SSSR count). The quantitative estimate of drug-likeness (QED) is 0.916. The summed E-state index contributed by atoms with van der Waals surface area (Å²) >= 11 is 5.36. The Balaban J connectivity index is 2.32. The van der Waals surface area contributed by atoms with Crippen molar-refractivity contribution >= 4 is 27.3 Å². The molecule has 0 aromatic carbocycles. The van der Waals surface area contributed by atoms with E-state index in [9.17, 15) is 0 Å². The van der Waals surface area contributed by atoms with Crippen molar-refractivity contribution in [3.05, 3.63) is 38.8 Å². The molecule has 0 saturated heterocycles. The van der Waals surface area contributed by atoms with Gasteiger partial charge < -0.3 is 5.32 Å². The summed E-state index contributed by atoms with van der Waals surface area (Å²) in [6, 6.07) is 2.32. The molecule has 1 unspecified atom stereocenters. The van der Waals surface area contributed by atoms with E-state index in [0.29, 0.717) is 0 Å². The predicted molar refractivity (Wildman–Crippen MR) is 75.4 cm³/mol. The number of nitrogens with zero attached hydrogens (tertiary/aromatic N) is 2. The van der Waals surface area contributed by atoms with E-state index >= 15 is 0 Å². The highest BCUT2D eigenvalue weighted by atomic mass is 79.9. The number of nitrogens with one attached hydrogen (secondary N) is 1. The summed E-state index contributed by atoms with van der Waals surface area (Å²) in [6.07, 6.45) is 4.06. The van der Waals surface area contributed by atoms with Crippen LogP contribution in [0.25, 0.3) is 0 Å². The third-order valence-corrected chi connectivity index (χ3v) is 4.56. The van der Waals surface area contributed by atoms with Crippen LogP contribution in [0.3, 0.4) is 0 Å². The van der Waals surface area contributed by atoms with Crippen LogP contribution >= 0.6 is 27.3 Å². The largest absolute Gasteiger partial charge is 0.306 e. The zero-order valence-corrected chi connectivity index (χ0v) is 12.4. The molecule has 1 atom stereocenters. The standard InChI is InChI=1S/C12H16BrN3S/c1-3-14-11(12-10(13)5-6-17-12)9-7-15-16(4-2)8-9/h5-8,11,14H,3-4H2,1-2H3. The highest BCUT2D eigenvalue weighted by Crippen LogP contribution is 2.32. The number of hydrogen-bond donors (Lipinski definition) is 1. The first kappa shape index (κ1) is 12.8. The first-order valence-corrected chi connectivity index (χ1v) is 7.42. The molecule has 3 nitrogen and oxygen atoms in total. The summed E-state index contributed by atoms with van der Waals surface area (Å²) in [7, 11) is 0. The molecule has 0 spiro atoms. The smallest absolute Gasteiger partial charge is 0.0713 e. The average Bonchev–Trinajstić information content (AvgIpc) is 2.95. The van der Waals surface area contributed by atoms with E-state index in [1.54, 1.807) is 11.3 Å². The van der Waals surface area contributed by atoms with Gasteiger partial charge in [0.15, 0.2) is 0 Å². The lowest BCUT2D eigenvalue weighted by molar-refractivity contribution is 0.631. The lowest BCUT2D eigenvalue weighted by Crippen LogP contribution is -2.21. The highest BCUT2D eigenvalue weighted by Gasteiger charge is 2.18. The maximum absolute atomic E-state index is 4.34. The van der Waals surface area contributed by atoms with Gasteiger partial charge in [0, 0.05) is 27.7 Å². The van der Waals surface area contributed by atoms with E-state index in [4.69, 9.17) is 0 Å². The van der Waals surface area contributed by atoms with Crippen LogP contribution in [0.15, 0.2) is 28.3 Å². The molecule has 2 aromatic rings. The minimum absolute atomic E-state index is 0.231. The first-order valence-electron chi connectivity index (χ1n) is 5.74. The van der Waals surface area contributed by atoms with Crippen molar-refractivity contribution in [2.45, 2.75) is 26.4 Å². The predicted octanol–water partition coefficient (Wildman–Crippen LogP) is 3.43. The van der Waals surface area contributed by atoms with Gasteiger partial charge in [-0.25, -0.2) is 0 Å². The highest BCUT2D eigenvalue weighted by molar-refractivity contribution is 9.10. The summed E-state index contributed by atoms with van der Waals surface area (Å²) in [5.41, 5.74) is 1.22. The molecule has 92 valence electrons. The SMILES string of the molecule is CCNC(c1cnn(CC)c1)c1sccc1Br. The number of thiophene rings is 1. The Kier molecular flexibility index (Phi) is 4.36. The fraction of sp³-hybridized carbons (Fsp3) is 0.417. The van der Waals surface area contributed by atoms with Crippen LogP contribution in [-0.4, -0.2) is 16.3 Å². The van der Waals surface area contributed by atoms with Gasteiger partial charge in [0.1, 0.15) is 0 Å². The Labute approximate surface area is 114 Å². The van der Waals surface area contributed by atoms with Crippen molar-refractivity contribution in [1.29, 1.82) is 0 Å². The van der Waals surface area contributed by atoms with E-state index in [2.05, 4.69) is 57.8 Å². The molecular weight excluding hydrogens is 298 g/mol. The number of halogens is 1. The molecular formula is C12H16BrN3S. The van der Waals surface area contributed by atoms with Crippen molar-refractivity contribution in [3.8, 4) is 0 Å². The molecule has 1 N–H and O–H groups in total. The molecule has 0 radical (unpaired) electrons. The Morgan fingerprint density at radius 1 is 1.53 bits per heavy atom. The molecule has 0 amide bonds. The molecule has 2 aromatic heterocycles. The van der Waals surface area contributed by atoms with Crippen LogP contribution in [0.1, 0.15) is 30.3 Å². The minimum Gasteiger partial charge on any atom is -0.306 e. The second-order valence-electron chi connectivity index (χ2n) is 3.75. The number of aromatic nitrogens is 2. The van der Waals surface area contributed by atoms with Crippen LogP contribution in [0.4, 0.5) is 0 Å². The van der Waals surface area contributed by atoms with Gasteiger partial charge in [0.05, 0.1) is 12.2 Å². The average molecular weight is 314 g/mol. The molecule has 0 fully saturated rings. The van der Waals surface area contributed by atoms with Gasteiger partial charge in [-0.2, -0.15) is 5.10 Å². The van der Waals surface area contributed by atoms with Crippen LogP contribution in [-0.2, 0) is 6.54 Å². The third-order valence-electron chi connectivity index (χ3n) is 2.63. The maximum Gasteiger partial charge on any atom is 0.0713 e. The second-order valence-corrected chi connectivity index (χ2v) is 5.55. The zero-order chi connectivity index (χ0) is 12.3. The molecule has 0 aliphatic heterocycles. The fourth-order valence-corrected chi connectivity index (χ4v) is 3.48. The molecule has 17 heavy (non-hydrogen) atoms. The molecule has 2 heterocycles. The Morgan fingerprint density at radius 2 is 2.35 bits per heavy atom. The van der Waals surface area contributed by atoms with Gasteiger partial charge in [-0.05, 0) is 40.8 Å². The Bertz CT molecular complexity index is 478. The zero-order valence-electron chi connectivity index (χ0n) is 9.98. The fourth-order valence-electron chi connectivity index (χ4n) is 1.78. The molecule has 0 aliphatic carbocycles. The third kappa shape index (κ3) is 2.78. The Hall–Kier alpha value is -0.650. The van der Waals surface area contributed by atoms with E-state index < -0.39 is 0 Å². The topological polar surface area (TPSA) is 29.9 Å². The summed E-state index contributed by atoms with van der Waals surface area (Å²) in [4.78, 5) is 1.31. The van der Waals surface area contributed by atoms with E-state index in [1.807, 2.05) is 10.9 Å². The van der Waals surface area contributed by atoms with Crippen molar-refractivity contribution < 1.29 is 0 Å². The van der Waals surface area contributed by atoms with Gasteiger partial charge in [-0.15, -0.1) is 11.3 Å². The van der Waals surface area contributed by atoms with E-state index in [-0.39, 0.29) is 6.04 Å². The summed E-state index contributed by atoms with van der Waals surface area (Å²) in [5.74, 6) is 0. The normalized spacial score (nSPS) is 12.9. The van der Waals surface area contributed by atoms with Crippen LogP contribution in [0.2, 0.25) is 0 Å². The molecule has 5 heteroatoms. The van der Waals surface area contributed by atoms with Crippen molar-refractivity contribution in [2.75, 3.05) is 6.54 Å². The number of aryl methyl sites for hydroxylation is 1. The molecule has 0 bridgehead atoms. The van der Waals surface area contributed by atoms with Gasteiger partial charge in [0.2, 0.25) is 0 Å². The van der Waals surface area contributed by atoms with Crippen molar-refractivity contribution in [1.82, 2.24) is 15.1 Å². The van der Waals surface area contributed by atoms with Crippen LogP contribution in [0, 0.1) is 0 Å². The van der Waals surface area contributed by atoms with Crippen molar-refractivity contribution in [2.24, 2.45) is 0 Å². The number of hydrogen-bond acceptors (Lipinski definition) is 3. The summed E-state index contributed by atoms with van der Waals surface area (Å²) in [6.45, 7) is 6.07. The first-order chi connectivity index (χ1) is 8.26.